The van der Waals surface area contributed by atoms with Crippen molar-refractivity contribution in [2.45, 2.75) is 62.8 Å². The van der Waals surface area contributed by atoms with Crippen LogP contribution in [0.3, 0.4) is 0 Å². The normalized spacial score (nSPS) is 34.6. The molecule has 7 nitrogen and oxygen atoms in total. The lowest BCUT2D eigenvalue weighted by atomic mass is 10.1. The number of carboxylic acid groups (broad SMARTS) is 1. The Bertz CT molecular complexity index is 376. The van der Waals surface area contributed by atoms with E-state index in [9.17, 15) is 19.8 Å². The molecule has 2 amide bonds. The summed E-state index contributed by atoms with van der Waals surface area (Å²) in [6.45, 7) is 0.0195. The molecule has 0 spiro atoms. The molecule has 4 unspecified atom stereocenters. The van der Waals surface area contributed by atoms with Crippen molar-refractivity contribution < 1.29 is 24.9 Å². The lowest BCUT2D eigenvalue weighted by Crippen LogP contribution is -2.52. The van der Waals surface area contributed by atoms with E-state index in [1.165, 1.54) is 0 Å². The number of aliphatic carboxylic acids is 1. The van der Waals surface area contributed by atoms with Crippen molar-refractivity contribution in [3.63, 3.8) is 0 Å². The Morgan fingerprint density at radius 2 is 1.80 bits per heavy atom. The van der Waals surface area contributed by atoms with Gasteiger partial charge in [-0.05, 0) is 12.8 Å². The van der Waals surface area contributed by atoms with E-state index in [2.05, 4.69) is 5.32 Å². The van der Waals surface area contributed by atoms with Crippen LogP contribution >= 0.6 is 0 Å². The number of nitrogens with one attached hydrogen (secondary N) is 1. The number of aliphatic hydroxyl groups is 2. The van der Waals surface area contributed by atoms with Gasteiger partial charge in [-0.25, -0.2) is 9.59 Å². The Morgan fingerprint density at radius 3 is 2.50 bits per heavy atom. The van der Waals surface area contributed by atoms with Crippen LogP contribution in [0.4, 0.5) is 4.79 Å². The number of aliphatic hydroxyl groups excluding tert-OH is 2. The number of urea groups is 1. The van der Waals surface area contributed by atoms with Gasteiger partial charge < -0.3 is 25.5 Å². The van der Waals surface area contributed by atoms with E-state index < -0.39 is 30.3 Å². The predicted molar refractivity (Wildman–Crippen MR) is 70.2 cm³/mol. The molecule has 4 atom stereocenters. The number of nitrogens with zero attached hydrogens (tertiary/aromatic N) is 1. The fourth-order valence-corrected chi connectivity index (χ4v) is 2.97. The number of carbonyl (C=O) groups is 2. The Hall–Kier alpha value is -1.34. The number of carboxylic acids is 1. The van der Waals surface area contributed by atoms with Crippen molar-refractivity contribution in [2.24, 2.45) is 0 Å². The SMILES string of the molecule is O=C(O)C1CC(O)CN1C(=O)NC1CCCCCC1O. The molecule has 2 aliphatic rings. The molecule has 1 aliphatic carbocycles. The molecule has 1 saturated heterocycles. The molecule has 4 N–H and O–H groups in total. The van der Waals surface area contributed by atoms with Crippen LogP contribution in [0.5, 0.6) is 0 Å². The van der Waals surface area contributed by atoms with Gasteiger partial charge in [0.05, 0.1) is 18.2 Å². The zero-order valence-corrected chi connectivity index (χ0v) is 11.4. The van der Waals surface area contributed by atoms with Crippen LogP contribution in [0, 0.1) is 0 Å². The first-order chi connectivity index (χ1) is 9.49. The van der Waals surface area contributed by atoms with Crippen LogP contribution < -0.4 is 5.32 Å². The van der Waals surface area contributed by atoms with Crippen LogP contribution in [0.2, 0.25) is 0 Å². The zero-order valence-electron chi connectivity index (χ0n) is 11.4. The highest BCUT2D eigenvalue weighted by Gasteiger charge is 2.39. The minimum absolute atomic E-state index is 0.0195. The second-order valence-electron chi connectivity index (χ2n) is 5.66. The van der Waals surface area contributed by atoms with Gasteiger partial charge >= 0.3 is 12.0 Å². The lowest BCUT2D eigenvalue weighted by molar-refractivity contribution is -0.141. The minimum atomic E-state index is -1.11. The third-order valence-corrected chi connectivity index (χ3v) is 4.11. The third-order valence-electron chi connectivity index (χ3n) is 4.11. The summed E-state index contributed by atoms with van der Waals surface area (Å²) in [7, 11) is 0. The first kappa shape index (κ1) is 15.1. The van der Waals surface area contributed by atoms with E-state index >= 15 is 0 Å². The summed E-state index contributed by atoms with van der Waals surface area (Å²) in [5.41, 5.74) is 0. The van der Waals surface area contributed by atoms with Gasteiger partial charge in [-0.15, -0.1) is 0 Å². The summed E-state index contributed by atoms with van der Waals surface area (Å²) in [6.07, 6.45) is 2.91. The summed E-state index contributed by atoms with van der Waals surface area (Å²) in [6, 6.07) is -1.84. The Labute approximate surface area is 117 Å². The van der Waals surface area contributed by atoms with Gasteiger partial charge in [0.15, 0.2) is 0 Å². The molecule has 1 saturated carbocycles. The van der Waals surface area contributed by atoms with E-state index in [1.54, 1.807) is 0 Å². The second kappa shape index (κ2) is 6.41. The van der Waals surface area contributed by atoms with Gasteiger partial charge in [-0.3, -0.25) is 0 Å². The molecule has 2 fully saturated rings. The molecule has 0 bridgehead atoms. The topological polar surface area (TPSA) is 110 Å². The van der Waals surface area contributed by atoms with E-state index in [4.69, 9.17) is 5.11 Å². The quantitative estimate of drug-likeness (QED) is 0.530. The molecule has 0 aromatic heterocycles. The molecule has 0 aromatic rings. The van der Waals surface area contributed by atoms with Crippen molar-refractivity contribution in [3.8, 4) is 0 Å². The molecule has 114 valence electrons. The van der Waals surface area contributed by atoms with Crippen LogP contribution in [0.25, 0.3) is 0 Å². The van der Waals surface area contributed by atoms with Crippen LogP contribution in [0.1, 0.15) is 38.5 Å². The molecule has 7 heteroatoms. The largest absolute Gasteiger partial charge is 0.480 e. The molecular formula is C13H22N2O5. The predicted octanol–water partition coefficient (Wildman–Crippen LogP) is -0.0906. The molecule has 1 aliphatic heterocycles. The maximum Gasteiger partial charge on any atom is 0.326 e. The van der Waals surface area contributed by atoms with Crippen molar-refractivity contribution in [2.75, 3.05) is 6.54 Å². The van der Waals surface area contributed by atoms with E-state index in [1.807, 2.05) is 0 Å². The molecule has 20 heavy (non-hydrogen) atoms. The smallest absolute Gasteiger partial charge is 0.326 e. The number of β-amino-alcohol motifs (C(OH)–C–C–N with tert-alkyl or cyclic N) is 1. The monoisotopic (exact) mass is 286 g/mol. The average molecular weight is 286 g/mol. The average Bonchev–Trinajstić information content (AvgIpc) is 2.68. The van der Waals surface area contributed by atoms with Crippen molar-refractivity contribution in [1.29, 1.82) is 0 Å². The van der Waals surface area contributed by atoms with Gasteiger partial charge in [-0.1, -0.05) is 19.3 Å². The number of carbonyl (C=O) groups excluding carboxylic acids is 1. The van der Waals surface area contributed by atoms with Crippen LogP contribution in [-0.4, -0.2) is 63.1 Å². The first-order valence-corrected chi connectivity index (χ1v) is 7.15. The minimum Gasteiger partial charge on any atom is -0.480 e. The third kappa shape index (κ3) is 3.40. The maximum absolute atomic E-state index is 12.2. The second-order valence-corrected chi connectivity index (χ2v) is 5.66. The van der Waals surface area contributed by atoms with Gasteiger partial charge in [-0.2, -0.15) is 0 Å². The van der Waals surface area contributed by atoms with E-state index in [-0.39, 0.29) is 19.0 Å². The lowest BCUT2D eigenvalue weighted by Gasteiger charge is -2.27. The van der Waals surface area contributed by atoms with Gasteiger partial charge in [0.1, 0.15) is 6.04 Å². The highest BCUT2D eigenvalue weighted by molar-refractivity contribution is 5.83. The van der Waals surface area contributed by atoms with Gasteiger partial charge in [0.25, 0.3) is 0 Å². The van der Waals surface area contributed by atoms with Gasteiger partial charge in [0, 0.05) is 13.0 Å². The Kier molecular flexibility index (Phi) is 4.82. The number of rotatable bonds is 2. The van der Waals surface area contributed by atoms with Crippen molar-refractivity contribution in [3.05, 3.63) is 0 Å². The molecule has 1 heterocycles. The fourth-order valence-electron chi connectivity index (χ4n) is 2.97. The van der Waals surface area contributed by atoms with Crippen LogP contribution in [-0.2, 0) is 4.79 Å². The van der Waals surface area contributed by atoms with Crippen molar-refractivity contribution in [1.82, 2.24) is 10.2 Å². The number of hydrogen-bond acceptors (Lipinski definition) is 4. The highest BCUT2D eigenvalue weighted by atomic mass is 16.4. The zero-order chi connectivity index (χ0) is 14.7. The standard InChI is InChI=1S/C13H22N2O5/c16-8-6-10(12(18)19)15(7-8)13(20)14-9-4-2-1-3-5-11(9)17/h8-11,16-17H,1-7H2,(H,14,20)(H,18,19). The Morgan fingerprint density at radius 1 is 1.10 bits per heavy atom. The summed E-state index contributed by atoms with van der Waals surface area (Å²) in [5.74, 6) is -1.11. The summed E-state index contributed by atoms with van der Waals surface area (Å²) in [5, 5.41) is 31.3. The molecule has 0 radical (unpaired) electrons. The van der Waals surface area contributed by atoms with E-state index in [0.29, 0.717) is 12.8 Å². The van der Waals surface area contributed by atoms with Crippen LogP contribution in [0.15, 0.2) is 0 Å². The fraction of sp³-hybridized carbons (Fsp3) is 0.846. The summed E-state index contributed by atoms with van der Waals surface area (Å²) < 4.78 is 0. The number of hydrogen-bond donors (Lipinski definition) is 4. The number of amides is 2. The van der Waals surface area contributed by atoms with Crippen molar-refractivity contribution >= 4 is 12.0 Å². The summed E-state index contributed by atoms with van der Waals surface area (Å²) >= 11 is 0. The first-order valence-electron chi connectivity index (χ1n) is 7.15. The number of likely N-dealkylation sites (tertiary alicyclic amines) is 1. The molecule has 0 aromatic carbocycles. The molecule has 2 rings (SSSR count). The van der Waals surface area contributed by atoms with E-state index in [0.717, 1.165) is 24.2 Å². The Balaban J connectivity index is 1.97. The van der Waals surface area contributed by atoms with Gasteiger partial charge in [0.2, 0.25) is 0 Å². The maximum atomic E-state index is 12.2. The summed E-state index contributed by atoms with van der Waals surface area (Å²) in [4.78, 5) is 24.4. The molecular weight excluding hydrogens is 264 g/mol. The highest BCUT2D eigenvalue weighted by Crippen LogP contribution is 2.21.